The van der Waals surface area contributed by atoms with Crippen molar-refractivity contribution in [2.24, 2.45) is 0 Å². The number of carbonyl (C=O) groups excluding carboxylic acids is 1. The molecule has 0 atom stereocenters. The Labute approximate surface area is 152 Å². The first-order valence-electron chi connectivity index (χ1n) is 7.54. The molecule has 2 rings (SSSR count). The monoisotopic (exact) mass is 382 g/mol. The number of halogens is 1. The van der Waals surface area contributed by atoms with E-state index < -0.39 is 10.0 Å². The topological polar surface area (TPSA) is 84.5 Å². The lowest BCUT2D eigenvalue weighted by Gasteiger charge is -2.14. The number of rotatable bonds is 6. The van der Waals surface area contributed by atoms with Crippen molar-refractivity contribution in [2.45, 2.75) is 25.2 Å². The van der Waals surface area contributed by atoms with Crippen LogP contribution < -0.4 is 14.8 Å². The summed E-state index contributed by atoms with van der Waals surface area (Å²) in [6.45, 7) is 3.42. The molecule has 0 fully saturated rings. The van der Waals surface area contributed by atoms with Crippen LogP contribution in [-0.4, -0.2) is 21.4 Å². The minimum absolute atomic E-state index is 0.000853. The maximum Gasteiger partial charge on any atom is 0.261 e. The van der Waals surface area contributed by atoms with Gasteiger partial charge in [-0.1, -0.05) is 24.6 Å². The van der Waals surface area contributed by atoms with Gasteiger partial charge in [0.15, 0.2) is 0 Å². The fourth-order valence-corrected chi connectivity index (χ4v) is 3.44. The molecular formula is C17H19ClN2O4S. The van der Waals surface area contributed by atoms with E-state index in [1.165, 1.54) is 25.3 Å². The fraction of sp³-hybridized carbons (Fsp3) is 0.235. The van der Waals surface area contributed by atoms with Gasteiger partial charge in [0.05, 0.1) is 23.4 Å². The molecule has 25 heavy (non-hydrogen) atoms. The zero-order valence-electron chi connectivity index (χ0n) is 14.1. The maximum absolute atomic E-state index is 12.7. The van der Waals surface area contributed by atoms with E-state index in [4.69, 9.17) is 16.3 Å². The lowest BCUT2D eigenvalue weighted by Crippen LogP contribution is -2.15. The van der Waals surface area contributed by atoms with Gasteiger partial charge in [-0.2, -0.15) is 0 Å². The second-order valence-electron chi connectivity index (χ2n) is 5.28. The minimum atomic E-state index is -3.86. The van der Waals surface area contributed by atoms with Gasteiger partial charge in [-0.15, -0.1) is 0 Å². The number of carbonyl (C=O) groups is 1. The number of hydrogen-bond donors (Lipinski definition) is 2. The molecule has 0 spiro atoms. The molecule has 8 heteroatoms. The molecule has 1 amide bonds. The fourth-order valence-electron chi connectivity index (χ4n) is 2.11. The summed E-state index contributed by atoms with van der Waals surface area (Å²) in [4.78, 5) is 11.6. The van der Waals surface area contributed by atoms with E-state index in [2.05, 4.69) is 10.0 Å². The quantitative estimate of drug-likeness (QED) is 0.795. The molecule has 0 radical (unpaired) electrons. The summed E-state index contributed by atoms with van der Waals surface area (Å²) < 4.78 is 33.0. The van der Waals surface area contributed by atoms with Crippen LogP contribution in [0.25, 0.3) is 0 Å². The molecule has 0 saturated carbocycles. The molecule has 134 valence electrons. The summed E-state index contributed by atoms with van der Waals surface area (Å²) in [5, 5.41) is 3.09. The number of sulfonamides is 1. The molecule has 2 aromatic carbocycles. The van der Waals surface area contributed by atoms with E-state index in [0.717, 1.165) is 0 Å². The van der Waals surface area contributed by atoms with Crippen molar-refractivity contribution in [3.8, 4) is 5.75 Å². The summed E-state index contributed by atoms with van der Waals surface area (Å²) in [6, 6.07) is 9.22. The zero-order chi connectivity index (χ0) is 18.6. The smallest absolute Gasteiger partial charge is 0.261 e. The molecule has 6 nitrogen and oxygen atoms in total. The van der Waals surface area contributed by atoms with Crippen LogP contribution in [0.1, 0.15) is 18.9 Å². The Morgan fingerprint density at radius 2 is 1.92 bits per heavy atom. The van der Waals surface area contributed by atoms with Crippen molar-refractivity contribution in [3.05, 3.63) is 47.0 Å². The molecule has 0 aromatic heterocycles. The number of anilines is 2. The summed E-state index contributed by atoms with van der Waals surface area (Å²) in [5.41, 5.74) is 1.31. The Morgan fingerprint density at radius 1 is 1.20 bits per heavy atom. The van der Waals surface area contributed by atoms with Crippen LogP contribution in [0.15, 0.2) is 41.3 Å². The molecular weight excluding hydrogens is 364 g/mol. The highest BCUT2D eigenvalue weighted by molar-refractivity contribution is 7.92. The molecule has 0 unspecified atom stereocenters. The molecule has 0 aliphatic carbocycles. The molecule has 2 N–H and O–H groups in total. The standard InChI is InChI=1S/C17H19ClN2O4S/c1-4-17(21)19-15-10-12(8-9-16(15)24-3)25(22,23)20-14-7-5-6-13(18)11(14)2/h5-10,20H,4H2,1-3H3,(H,19,21). The van der Waals surface area contributed by atoms with Gasteiger partial charge in [0.2, 0.25) is 5.91 Å². The van der Waals surface area contributed by atoms with E-state index in [0.29, 0.717) is 27.7 Å². The lowest BCUT2D eigenvalue weighted by molar-refractivity contribution is -0.115. The summed E-state index contributed by atoms with van der Waals surface area (Å²) in [7, 11) is -2.41. The third kappa shape index (κ3) is 4.43. The van der Waals surface area contributed by atoms with Crippen molar-refractivity contribution in [3.63, 3.8) is 0 Å². The third-order valence-corrected chi connectivity index (χ3v) is 5.36. The van der Waals surface area contributed by atoms with Crippen LogP contribution in [0.4, 0.5) is 11.4 Å². The van der Waals surface area contributed by atoms with Gasteiger partial charge in [0, 0.05) is 11.4 Å². The van der Waals surface area contributed by atoms with Crippen molar-refractivity contribution in [1.82, 2.24) is 0 Å². The van der Waals surface area contributed by atoms with Crippen LogP contribution in [0.2, 0.25) is 5.02 Å². The number of hydrogen-bond acceptors (Lipinski definition) is 4. The van der Waals surface area contributed by atoms with Gasteiger partial charge in [0.25, 0.3) is 10.0 Å². The Balaban J connectivity index is 2.40. The van der Waals surface area contributed by atoms with E-state index in [1.807, 2.05) is 0 Å². The average Bonchev–Trinajstić information content (AvgIpc) is 2.58. The summed E-state index contributed by atoms with van der Waals surface area (Å²) >= 11 is 6.03. The van der Waals surface area contributed by atoms with Crippen molar-refractivity contribution in [2.75, 3.05) is 17.1 Å². The van der Waals surface area contributed by atoms with Gasteiger partial charge < -0.3 is 10.1 Å². The molecule has 0 heterocycles. The van der Waals surface area contributed by atoms with E-state index in [1.54, 1.807) is 32.0 Å². The minimum Gasteiger partial charge on any atom is -0.495 e. The predicted molar refractivity (Wildman–Crippen MR) is 98.9 cm³/mol. The third-order valence-electron chi connectivity index (χ3n) is 3.59. The van der Waals surface area contributed by atoms with Gasteiger partial charge in [-0.3, -0.25) is 9.52 Å². The highest BCUT2D eigenvalue weighted by Crippen LogP contribution is 2.30. The Hall–Kier alpha value is -2.25. The van der Waals surface area contributed by atoms with E-state index in [-0.39, 0.29) is 17.2 Å². The molecule has 0 aliphatic heterocycles. The first kappa shape index (κ1) is 19.1. The number of ether oxygens (including phenoxy) is 1. The number of nitrogens with one attached hydrogen (secondary N) is 2. The second kappa shape index (κ2) is 7.76. The summed E-state index contributed by atoms with van der Waals surface area (Å²) in [6.07, 6.45) is 0.264. The van der Waals surface area contributed by atoms with E-state index >= 15 is 0 Å². The van der Waals surface area contributed by atoms with Gasteiger partial charge in [0.1, 0.15) is 5.75 Å². The van der Waals surface area contributed by atoms with Crippen molar-refractivity contribution >= 4 is 38.9 Å². The second-order valence-corrected chi connectivity index (χ2v) is 7.37. The Bertz CT molecular complexity index is 898. The predicted octanol–water partition coefficient (Wildman–Crippen LogP) is 3.81. The van der Waals surface area contributed by atoms with Gasteiger partial charge in [-0.05, 0) is 42.8 Å². The van der Waals surface area contributed by atoms with Crippen LogP contribution in [0.3, 0.4) is 0 Å². The highest BCUT2D eigenvalue weighted by atomic mass is 35.5. The number of benzene rings is 2. The molecule has 0 saturated heterocycles. The number of methoxy groups -OCH3 is 1. The SMILES string of the molecule is CCC(=O)Nc1cc(S(=O)(=O)Nc2cccc(Cl)c2C)ccc1OC. The summed E-state index contributed by atoms with van der Waals surface area (Å²) in [5.74, 6) is 0.131. The van der Waals surface area contributed by atoms with Gasteiger partial charge in [-0.25, -0.2) is 8.42 Å². The first-order valence-corrected chi connectivity index (χ1v) is 9.40. The zero-order valence-corrected chi connectivity index (χ0v) is 15.7. The molecule has 0 aliphatic rings. The van der Waals surface area contributed by atoms with Crippen LogP contribution in [0.5, 0.6) is 5.75 Å². The first-order chi connectivity index (χ1) is 11.8. The Morgan fingerprint density at radius 3 is 2.56 bits per heavy atom. The van der Waals surface area contributed by atoms with E-state index in [9.17, 15) is 13.2 Å². The Kier molecular flexibility index (Phi) is 5.92. The van der Waals surface area contributed by atoms with Crippen LogP contribution in [0, 0.1) is 6.92 Å². The van der Waals surface area contributed by atoms with Crippen LogP contribution in [-0.2, 0) is 14.8 Å². The number of amides is 1. The average molecular weight is 383 g/mol. The molecule has 2 aromatic rings. The normalized spacial score (nSPS) is 11.0. The largest absolute Gasteiger partial charge is 0.495 e. The lowest BCUT2D eigenvalue weighted by atomic mass is 10.2. The van der Waals surface area contributed by atoms with Crippen molar-refractivity contribution in [1.29, 1.82) is 0 Å². The van der Waals surface area contributed by atoms with Crippen LogP contribution >= 0.6 is 11.6 Å². The molecule has 0 bridgehead atoms. The van der Waals surface area contributed by atoms with Gasteiger partial charge >= 0.3 is 0 Å². The highest BCUT2D eigenvalue weighted by Gasteiger charge is 2.19. The van der Waals surface area contributed by atoms with Crippen molar-refractivity contribution < 1.29 is 17.9 Å². The maximum atomic E-state index is 12.7.